The van der Waals surface area contributed by atoms with E-state index in [0.717, 1.165) is 51.8 Å². The number of methoxy groups -OCH3 is 2. The molecule has 0 aliphatic carbocycles. The first kappa shape index (κ1) is 27.7. The second-order valence-electron chi connectivity index (χ2n) is 9.09. The molecule has 176 valence electrons. The van der Waals surface area contributed by atoms with Gasteiger partial charge in [-0.15, -0.1) is 0 Å². The third-order valence-electron chi connectivity index (χ3n) is 6.49. The average molecular weight is 535 g/mol. The standard InChI is InChI=1S/C11H17O6.3C4H9.Sn/c1-11(2)16-6-7(17-11)5-8(9(12)14-3)10(13)15-4;3*1-3-4-2;/h5,7-8H,6H2,1-4H3;3*1,3-4H2,2H3;/t7-;;;;/m1..../s1. The van der Waals surface area contributed by atoms with E-state index >= 15 is 0 Å². The maximum absolute atomic E-state index is 13.0. The van der Waals surface area contributed by atoms with E-state index in [1.807, 2.05) is 13.8 Å². The van der Waals surface area contributed by atoms with Gasteiger partial charge in [-0.05, 0) is 0 Å². The molecular weight excluding hydrogens is 491 g/mol. The summed E-state index contributed by atoms with van der Waals surface area (Å²) in [5, 5.41) is 0. The van der Waals surface area contributed by atoms with Gasteiger partial charge in [-0.1, -0.05) is 0 Å². The average Bonchev–Trinajstić information content (AvgIpc) is 3.09. The number of unbranched alkanes of at least 4 members (excludes halogenated alkanes) is 3. The summed E-state index contributed by atoms with van der Waals surface area (Å²) in [6, 6.07) is 0. The number of carbonyl (C=O) groups excluding carboxylic acids is 2. The molecule has 0 bridgehead atoms. The van der Waals surface area contributed by atoms with E-state index in [2.05, 4.69) is 20.8 Å². The van der Waals surface area contributed by atoms with Crippen LogP contribution in [0.25, 0.3) is 0 Å². The number of hydrogen-bond donors (Lipinski definition) is 0. The van der Waals surface area contributed by atoms with Gasteiger partial charge in [-0.2, -0.15) is 0 Å². The van der Waals surface area contributed by atoms with Crippen molar-refractivity contribution in [2.45, 2.75) is 102 Å². The quantitative estimate of drug-likeness (QED) is 0.171. The summed E-state index contributed by atoms with van der Waals surface area (Å²) in [5.74, 6) is -2.63. The normalized spacial score (nSPS) is 19.7. The molecule has 1 saturated heterocycles. The van der Waals surface area contributed by atoms with Crippen LogP contribution < -0.4 is 0 Å². The summed E-state index contributed by atoms with van der Waals surface area (Å²) in [5.41, 5.74) is 0. The minimum absolute atomic E-state index is 0.148. The van der Waals surface area contributed by atoms with Crippen LogP contribution in [0.1, 0.15) is 73.1 Å². The zero-order valence-corrected chi connectivity index (χ0v) is 23.1. The van der Waals surface area contributed by atoms with Crippen molar-refractivity contribution in [1.29, 1.82) is 0 Å². The Labute approximate surface area is 187 Å². The summed E-state index contributed by atoms with van der Waals surface area (Å²) < 4.78 is 25.8. The van der Waals surface area contributed by atoms with Gasteiger partial charge in [0.2, 0.25) is 0 Å². The summed E-state index contributed by atoms with van der Waals surface area (Å²) in [6.07, 6.45) is 6.45. The number of esters is 2. The molecule has 7 heteroatoms. The predicted molar refractivity (Wildman–Crippen MR) is 121 cm³/mol. The molecule has 6 nitrogen and oxygen atoms in total. The van der Waals surface area contributed by atoms with Crippen molar-refractivity contribution < 1.29 is 28.5 Å². The molecule has 30 heavy (non-hydrogen) atoms. The van der Waals surface area contributed by atoms with Crippen molar-refractivity contribution in [3.63, 3.8) is 0 Å². The zero-order valence-electron chi connectivity index (χ0n) is 20.3. The van der Waals surface area contributed by atoms with Crippen LogP contribution in [0.3, 0.4) is 0 Å². The molecule has 1 aliphatic rings. The minimum atomic E-state index is -3.13. The van der Waals surface area contributed by atoms with Crippen LogP contribution in [-0.2, 0) is 28.5 Å². The summed E-state index contributed by atoms with van der Waals surface area (Å²) in [4.78, 5) is 25.9. The Morgan fingerprint density at radius 2 is 1.37 bits per heavy atom. The fourth-order valence-electron chi connectivity index (χ4n) is 4.96. The fraction of sp³-hybridized carbons (Fsp3) is 0.913. The molecule has 0 aromatic rings. The first-order valence-electron chi connectivity index (χ1n) is 11.7. The molecule has 0 spiro atoms. The van der Waals surface area contributed by atoms with Gasteiger partial charge in [0.1, 0.15) is 0 Å². The van der Waals surface area contributed by atoms with Crippen LogP contribution >= 0.6 is 0 Å². The Kier molecular flexibility index (Phi) is 12.2. The van der Waals surface area contributed by atoms with Crippen LogP contribution in [0.15, 0.2) is 0 Å². The molecule has 0 saturated carbocycles. The Balaban J connectivity index is 3.58. The second kappa shape index (κ2) is 13.3. The Morgan fingerprint density at radius 3 is 1.67 bits per heavy atom. The van der Waals surface area contributed by atoms with Gasteiger partial charge in [0.15, 0.2) is 0 Å². The van der Waals surface area contributed by atoms with E-state index in [1.54, 1.807) is 0 Å². The van der Waals surface area contributed by atoms with Crippen LogP contribution in [0.2, 0.25) is 17.2 Å². The van der Waals surface area contributed by atoms with E-state index in [9.17, 15) is 9.59 Å². The summed E-state index contributed by atoms with van der Waals surface area (Å²) in [7, 11) is 2.71. The van der Waals surface area contributed by atoms with Crippen LogP contribution in [-0.4, -0.2) is 63.0 Å². The molecular formula is C23H44O6Sn. The second-order valence-corrected chi connectivity index (χ2v) is 23.1. The van der Waals surface area contributed by atoms with Gasteiger partial charge in [0.05, 0.1) is 0 Å². The third kappa shape index (κ3) is 7.37. The van der Waals surface area contributed by atoms with Crippen molar-refractivity contribution in [1.82, 2.24) is 0 Å². The van der Waals surface area contributed by atoms with Crippen molar-refractivity contribution in [2.24, 2.45) is 5.92 Å². The molecule has 0 aromatic carbocycles. The molecule has 0 radical (unpaired) electrons. The van der Waals surface area contributed by atoms with Gasteiger partial charge < -0.3 is 0 Å². The molecule has 2 atom stereocenters. The Morgan fingerprint density at radius 1 is 0.933 bits per heavy atom. The van der Waals surface area contributed by atoms with Crippen molar-refractivity contribution >= 4 is 30.3 Å². The third-order valence-corrected chi connectivity index (χ3v) is 24.1. The number of ether oxygens (including phenoxy) is 4. The van der Waals surface area contributed by atoms with Gasteiger partial charge in [0.25, 0.3) is 0 Å². The predicted octanol–water partition coefficient (Wildman–Crippen LogP) is 5.32. The molecule has 0 N–H and O–H groups in total. The first-order chi connectivity index (χ1) is 14.2. The molecule has 1 rings (SSSR count). The van der Waals surface area contributed by atoms with E-state index in [4.69, 9.17) is 18.9 Å². The first-order valence-corrected chi connectivity index (χ1v) is 19.4. The van der Waals surface area contributed by atoms with Crippen LogP contribution in [0.5, 0.6) is 0 Å². The van der Waals surface area contributed by atoms with Gasteiger partial charge in [-0.25, -0.2) is 0 Å². The van der Waals surface area contributed by atoms with Crippen molar-refractivity contribution in [3.05, 3.63) is 0 Å². The number of carbonyl (C=O) groups is 2. The maximum atomic E-state index is 13.0. The summed E-state index contributed by atoms with van der Waals surface area (Å²) >= 11 is -3.13. The molecule has 0 amide bonds. The Bertz CT molecular complexity index is 498. The molecule has 1 fully saturated rings. The van der Waals surface area contributed by atoms with E-state index < -0.39 is 42.0 Å². The molecule has 0 aromatic heterocycles. The molecule has 0 unspecified atom stereocenters. The van der Waals surface area contributed by atoms with E-state index in [1.165, 1.54) is 14.2 Å². The Hall–Kier alpha value is -0.341. The van der Waals surface area contributed by atoms with Crippen LogP contribution in [0.4, 0.5) is 0 Å². The van der Waals surface area contributed by atoms with Crippen molar-refractivity contribution in [3.8, 4) is 0 Å². The van der Waals surface area contributed by atoms with E-state index in [0.29, 0.717) is 6.61 Å². The van der Waals surface area contributed by atoms with Crippen molar-refractivity contribution in [2.75, 3.05) is 20.8 Å². The topological polar surface area (TPSA) is 71.1 Å². The molecule has 1 heterocycles. The summed E-state index contributed by atoms with van der Waals surface area (Å²) in [6.45, 7) is 10.8. The number of rotatable bonds is 14. The van der Waals surface area contributed by atoms with Gasteiger partial charge in [-0.3, -0.25) is 0 Å². The number of hydrogen-bond acceptors (Lipinski definition) is 6. The fourth-order valence-corrected chi connectivity index (χ4v) is 24.5. The van der Waals surface area contributed by atoms with Gasteiger partial charge in [0, 0.05) is 0 Å². The molecule has 1 aliphatic heterocycles. The van der Waals surface area contributed by atoms with Gasteiger partial charge >= 0.3 is 188 Å². The monoisotopic (exact) mass is 536 g/mol. The SMILES string of the molecule is CCC[CH2][Sn]([CH2]CCC)([CH2]CCC)[C@H](C(C(=O)OC)C(=O)OC)[C@@H]1COC(C)(C)O1. The van der Waals surface area contributed by atoms with E-state index in [-0.39, 0.29) is 10.0 Å². The van der Waals surface area contributed by atoms with Crippen LogP contribution in [0, 0.1) is 5.92 Å². The zero-order chi connectivity index (χ0) is 22.8.